The largest absolute Gasteiger partial charge is 0.330 e. The molecule has 0 heterocycles. The molecule has 0 fully saturated rings. The van der Waals surface area contributed by atoms with Crippen LogP contribution in [0.2, 0.25) is 0 Å². The highest BCUT2D eigenvalue weighted by Crippen LogP contribution is 2.24. The maximum atomic E-state index is 12.7. The van der Waals surface area contributed by atoms with Gasteiger partial charge in [-0.15, -0.1) is 12.4 Å². The monoisotopic (exact) mass is 282 g/mol. The first-order valence-corrected chi connectivity index (χ1v) is 4.85. The first-order valence-electron chi connectivity index (χ1n) is 4.05. The molecule has 14 heavy (non-hydrogen) atoms. The number of rotatable bonds is 3. The van der Waals surface area contributed by atoms with Crippen LogP contribution in [0.25, 0.3) is 0 Å². The standard InChI is InChI=1S/C9H12BrFN2.ClH/c10-8-5-6(11)1-2-7(8)9(13)3-4-12;/h1-2,5,9H,3-4,12-13H2;1H/t9-;/m0./s1. The summed E-state index contributed by atoms with van der Waals surface area (Å²) in [5.41, 5.74) is 12.1. The normalized spacial score (nSPS) is 12.0. The molecule has 1 aromatic rings. The molecule has 0 saturated carbocycles. The maximum absolute atomic E-state index is 12.7. The molecule has 1 atom stereocenters. The van der Waals surface area contributed by atoms with E-state index in [1.807, 2.05) is 0 Å². The Hall–Kier alpha value is -0.160. The first-order chi connectivity index (χ1) is 6.15. The van der Waals surface area contributed by atoms with E-state index in [1.54, 1.807) is 6.07 Å². The van der Waals surface area contributed by atoms with E-state index in [9.17, 15) is 4.39 Å². The molecule has 80 valence electrons. The van der Waals surface area contributed by atoms with Gasteiger partial charge in [-0.25, -0.2) is 4.39 Å². The molecule has 0 unspecified atom stereocenters. The van der Waals surface area contributed by atoms with Crippen molar-refractivity contribution in [2.75, 3.05) is 6.54 Å². The van der Waals surface area contributed by atoms with Crippen LogP contribution in [0.3, 0.4) is 0 Å². The number of hydrogen-bond donors (Lipinski definition) is 2. The fourth-order valence-electron chi connectivity index (χ4n) is 1.14. The van der Waals surface area contributed by atoms with Crippen LogP contribution in [-0.4, -0.2) is 6.54 Å². The van der Waals surface area contributed by atoms with E-state index in [4.69, 9.17) is 11.5 Å². The summed E-state index contributed by atoms with van der Waals surface area (Å²) in [4.78, 5) is 0. The van der Waals surface area contributed by atoms with Gasteiger partial charge >= 0.3 is 0 Å². The van der Waals surface area contributed by atoms with Crippen molar-refractivity contribution in [3.05, 3.63) is 34.1 Å². The Bertz CT molecular complexity index is 296. The van der Waals surface area contributed by atoms with E-state index in [-0.39, 0.29) is 24.3 Å². The zero-order valence-electron chi connectivity index (χ0n) is 7.54. The molecule has 0 aliphatic carbocycles. The summed E-state index contributed by atoms with van der Waals surface area (Å²) in [6, 6.07) is 4.36. The van der Waals surface area contributed by atoms with Crippen LogP contribution in [0.1, 0.15) is 18.0 Å². The number of benzene rings is 1. The fraction of sp³-hybridized carbons (Fsp3) is 0.333. The smallest absolute Gasteiger partial charge is 0.124 e. The highest BCUT2D eigenvalue weighted by atomic mass is 79.9. The quantitative estimate of drug-likeness (QED) is 0.895. The van der Waals surface area contributed by atoms with Gasteiger partial charge in [0.2, 0.25) is 0 Å². The minimum Gasteiger partial charge on any atom is -0.330 e. The van der Waals surface area contributed by atoms with Crippen molar-refractivity contribution in [3.8, 4) is 0 Å². The zero-order chi connectivity index (χ0) is 9.84. The minimum absolute atomic E-state index is 0. The lowest BCUT2D eigenvalue weighted by atomic mass is 10.1. The van der Waals surface area contributed by atoms with Gasteiger partial charge in [-0.1, -0.05) is 22.0 Å². The van der Waals surface area contributed by atoms with E-state index in [1.165, 1.54) is 12.1 Å². The third-order valence-corrected chi connectivity index (χ3v) is 2.53. The predicted molar refractivity (Wildman–Crippen MR) is 61.9 cm³/mol. The lowest BCUT2D eigenvalue weighted by Crippen LogP contribution is -2.15. The van der Waals surface area contributed by atoms with E-state index in [0.29, 0.717) is 17.4 Å². The van der Waals surface area contributed by atoms with Crippen molar-refractivity contribution in [1.82, 2.24) is 0 Å². The summed E-state index contributed by atoms with van der Waals surface area (Å²) in [5.74, 6) is -0.268. The van der Waals surface area contributed by atoms with Gasteiger partial charge < -0.3 is 11.5 Å². The Labute approximate surface area is 97.4 Å². The molecule has 2 nitrogen and oxygen atoms in total. The third kappa shape index (κ3) is 3.53. The lowest BCUT2D eigenvalue weighted by molar-refractivity contribution is 0.618. The van der Waals surface area contributed by atoms with Crippen LogP contribution in [0.15, 0.2) is 22.7 Å². The molecular weight excluding hydrogens is 270 g/mol. The Balaban J connectivity index is 0.00000169. The van der Waals surface area contributed by atoms with Gasteiger partial charge in [-0.05, 0) is 30.7 Å². The van der Waals surface area contributed by atoms with E-state index in [0.717, 1.165) is 5.56 Å². The molecule has 0 aliphatic heterocycles. The Morgan fingerprint density at radius 3 is 2.57 bits per heavy atom. The van der Waals surface area contributed by atoms with Gasteiger partial charge in [0.05, 0.1) is 0 Å². The van der Waals surface area contributed by atoms with Crippen LogP contribution in [0, 0.1) is 5.82 Å². The number of nitrogens with two attached hydrogens (primary N) is 2. The maximum Gasteiger partial charge on any atom is 0.124 e. The summed E-state index contributed by atoms with van der Waals surface area (Å²) in [7, 11) is 0. The molecule has 0 radical (unpaired) electrons. The number of halogens is 3. The van der Waals surface area contributed by atoms with E-state index in [2.05, 4.69) is 15.9 Å². The van der Waals surface area contributed by atoms with Gasteiger partial charge in [-0.2, -0.15) is 0 Å². The zero-order valence-corrected chi connectivity index (χ0v) is 9.94. The van der Waals surface area contributed by atoms with Crippen LogP contribution in [-0.2, 0) is 0 Å². The molecule has 0 amide bonds. The molecule has 0 aromatic heterocycles. The lowest BCUT2D eigenvalue weighted by Gasteiger charge is -2.12. The predicted octanol–water partition coefficient (Wildman–Crippen LogP) is 2.36. The molecular formula is C9H13BrClFN2. The molecule has 0 aliphatic rings. The first kappa shape index (κ1) is 13.8. The summed E-state index contributed by atoms with van der Waals surface area (Å²) in [6.07, 6.45) is 0.699. The van der Waals surface area contributed by atoms with Crippen LogP contribution < -0.4 is 11.5 Å². The summed E-state index contributed by atoms with van der Waals surface area (Å²) < 4.78 is 13.4. The summed E-state index contributed by atoms with van der Waals surface area (Å²) >= 11 is 3.26. The van der Waals surface area contributed by atoms with Crippen molar-refractivity contribution in [3.63, 3.8) is 0 Å². The molecule has 0 bridgehead atoms. The average Bonchev–Trinajstić information content (AvgIpc) is 2.04. The van der Waals surface area contributed by atoms with Crippen molar-refractivity contribution in [2.45, 2.75) is 12.5 Å². The van der Waals surface area contributed by atoms with E-state index >= 15 is 0 Å². The second-order valence-electron chi connectivity index (χ2n) is 2.85. The molecule has 0 saturated heterocycles. The summed E-state index contributed by atoms with van der Waals surface area (Å²) in [5, 5.41) is 0. The topological polar surface area (TPSA) is 52.0 Å². The molecule has 1 rings (SSSR count). The van der Waals surface area contributed by atoms with Gasteiger partial charge in [-0.3, -0.25) is 0 Å². The van der Waals surface area contributed by atoms with Gasteiger partial charge in [0.1, 0.15) is 5.82 Å². The molecule has 0 spiro atoms. The van der Waals surface area contributed by atoms with Crippen molar-refractivity contribution in [1.29, 1.82) is 0 Å². The van der Waals surface area contributed by atoms with Crippen LogP contribution >= 0.6 is 28.3 Å². The second kappa shape index (κ2) is 6.35. The highest BCUT2D eigenvalue weighted by Gasteiger charge is 2.09. The van der Waals surface area contributed by atoms with Crippen molar-refractivity contribution < 1.29 is 4.39 Å². The second-order valence-corrected chi connectivity index (χ2v) is 3.70. The van der Waals surface area contributed by atoms with Crippen LogP contribution in [0.5, 0.6) is 0 Å². The highest BCUT2D eigenvalue weighted by molar-refractivity contribution is 9.10. The van der Waals surface area contributed by atoms with Crippen molar-refractivity contribution >= 4 is 28.3 Å². The third-order valence-electron chi connectivity index (χ3n) is 1.84. The SMILES string of the molecule is Cl.NCC[C@H](N)c1ccc(F)cc1Br. The Morgan fingerprint density at radius 1 is 1.43 bits per heavy atom. The Kier molecular flexibility index (Phi) is 6.27. The molecule has 1 aromatic carbocycles. The molecule has 5 heteroatoms. The van der Waals surface area contributed by atoms with Crippen LogP contribution in [0.4, 0.5) is 4.39 Å². The Morgan fingerprint density at radius 2 is 2.07 bits per heavy atom. The van der Waals surface area contributed by atoms with Gasteiger partial charge in [0.25, 0.3) is 0 Å². The van der Waals surface area contributed by atoms with E-state index < -0.39 is 0 Å². The fourth-order valence-corrected chi connectivity index (χ4v) is 1.78. The summed E-state index contributed by atoms with van der Waals surface area (Å²) in [6.45, 7) is 0.533. The minimum atomic E-state index is -0.268. The van der Waals surface area contributed by atoms with Gasteiger partial charge in [0, 0.05) is 10.5 Å². The molecule has 4 N–H and O–H groups in total. The number of hydrogen-bond acceptors (Lipinski definition) is 2. The average molecular weight is 284 g/mol. The van der Waals surface area contributed by atoms with Crippen molar-refractivity contribution in [2.24, 2.45) is 11.5 Å². The van der Waals surface area contributed by atoms with Gasteiger partial charge in [0.15, 0.2) is 0 Å².